The SMILES string of the molecule is C1=C(c2cc3c4ccccc4c4c(c5ccccc5n4-c4ccc5ccc6cccc7ccc4c5c67)c3c3ccccc23)CCCC1. The molecule has 10 aromatic rings. The number of benzene rings is 9. The predicted molar refractivity (Wildman–Crippen MR) is 203 cm³/mol. The summed E-state index contributed by atoms with van der Waals surface area (Å²) < 4.78 is 2.57. The maximum absolute atomic E-state index is 2.57. The molecule has 1 aliphatic carbocycles. The van der Waals surface area contributed by atoms with Crippen LogP contribution in [0.15, 0.2) is 140 Å². The summed E-state index contributed by atoms with van der Waals surface area (Å²) in [5, 5.41) is 18.6. The lowest BCUT2D eigenvalue weighted by atomic mass is 9.85. The van der Waals surface area contributed by atoms with E-state index >= 15 is 0 Å². The Balaban J connectivity index is 1.38. The number of fused-ring (bicyclic) bond motifs is 10. The average Bonchev–Trinajstić information content (AvgIpc) is 3.49. The number of hydrogen-bond donors (Lipinski definition) is 0. The van der Waals surface area contributed by atoms with Crippen molar-refractivity contribution >= 4 is 92.0 Å². The van der Waals surface area contributed by atoms with E-state index in [1.807, 2.05) is 0 Å². The Morgan fingerprint density at radius 2 is 1.11 bits per heavy atom. The molecule has 0 fully saturated rings. The zero-order chi connectivity index (χ0) is 30.6. The second-order valence-electron chi connectivity index (χ2n) is 13.4. The Labute approximate surface area is 272 Å². The second-order valence-corrected chi connectivity index (χ2v) is 13.4. The molecule has 0 N–H and O–H groups in total. The Morgan fingerprint density at radius 1 is 0.426 bits per heavy atom. The van der Waals surface area contributed by atoms with Crippen LogP contribution in [-0.2, 0) is 0 Å². The van der Waals surface area contributed by atoms with Gasteiger partial charge in [-0.1, -0.05) is 121 Å². The Kier molecular flexibility index (Phi) is 5.12. The van der Waals surface area contributed by atoms with E-state index in [2.05, 4.69) is 144 Å². The topological polar surface area (TPSA) is 4.93 Å². The smallest absolute Gasteiger partial charge is 0.0626 e. The number of para-hydroxylation sites is 1. The van der Waals surface area contributed by atoms with E-state index in [0.29, 0.717) is 0 Å². The fourth-order valence-electron chi connectivity index (χ4n) is 9.04. The molecule has 11 rings (SSSR count). The molecule has 9 aromatic carbocycles. The fourth-order valence-corrected chi connectivity index (χ4v) is 9.04. The zero-order valence-corrected chi connectivity index (χ0v) is 26.1. The van der Waals surface area contributed by atoms with E-state index in [1.165, 1.54) is 123 Å². The molecule has 1 heterocycles. The first kappa shape index (κ1) is 25.5. The zero-order valence-electron chi connectivity index (χ0n) is 26.1. The molecule has 0 aliphatic heterocycles. The molecule has 0 spiro atoms. The van der Waals surface area contributed by atoms with Gasteiger partial charge in [0.15, 0.2) is 0 Å². The van der Waals surface area contributed by atoms with Crippen molar-refractivity contribution in [2.24, 2.45) is 0 Å². The van der Waals surface area contributed by atoms with Gasteiger partial charge in [-0.2, -0.15) is 0 Å². The summed E-state index contributed by atoms with van der Waals surface area (Å²) in [6.45, 7) is 0. The fraction of sp³-hybridized carbons (Fsp3) is 0.0870. The quantitative estimate of drug-likeness (QED) is 0.175. The van der Waals surface area contributed by atoms with Gasteiger partial charge in [-0.3, -0.25) is 0 Å². The van der Waals surface area contributed by atoms with Crippen LogP contribution in [0.1, 0.15) is 31.2 Å². The Bertz CT molecular complexity index is 2940. The molecular formula is C46H31N. The number of aromatic nitrogens is 1. The highest BCUT2D eigenvalue weighted by Gasteiger charge is 2.23. The second kappa shape index (κ2) is 9.44. The molecule has 0 saturated carbocycles. The lowest BCUT2D eigenvalue weighted by Crippen LogP contribution is -1.98. The number of hydrogen-bond acceptors (Lipinski definition) is 0. The third-order valence-electron chi connectivity index (χ3n) is 11.0. The van der Waals surface area contributed by atoms with Crippen LogP contribution < -0.4 is 0 Å². The maximum Gasteiger partial charge on any atom is 0.0626 e. The van der Waals surface area contributed by atoms with Crippen LogP contribution in [0.5, 0.6) is 0 Å². The highest BCUT2D eigenvalue weighted by Crippen LogP contribution is 2.48. The van der Waals surface area contributed by atoms with Crippen LogP contribution in [0, 0.1) is 0 Å². The Morgan fingerprint density at radius 3 is 1.91 bits per heavy atom. The van der Waals surface area contributed by atoms with Crippen LogP contribution in [-0.4, -0.2) is 4.57 Å². The highest BCUT2D eigenvalue weighted by atomic mass is 15.0. The average molecular weight is 598 g/mol. The van der Waals surface area contributed by atoms with Crippen LogP contribution in [0.25, 0.3) is 97.7 Å². The van der Waals surface area contributed by atoms with Crippen LogP contribution in [0.4, 0.5) is 0 Å². The van der Waals surface area contributed by atoms with Crippen molar-refractivity contribution in [2.45, 2.75) is 25.7 Å². The van der Waals surface area contributed by atoms with Gasteiger partial charge in [0.25, 0.3) is 0 Å². The van der Waals surface area contributed by atoms with Gasteiger partial charge in [0.05, 0.1) is 16.7 Å². The van der Waals surface area contributed by atoms with E-state index in [1.54, 1.807) is 0 Å². The molecule has 0 amide bonds. The normalized spacial score (nSPS) is 14.2. The lowest BCUT2D eigenvalue weighted by molar-refractivity contribution is 0.742. The van der Waals surface area contributed by atoms with Crippen molar-refractivity contribution < 1.29 is 0 Å². The molecule has 1 nitrogen and oxygen atoms in total. The lowest BCUT2D eigenvalue weighted by Gasteiger charge is -2.19. The van der Waals surface area contributed by atoms with Gasteiger partial charge in [0, 0.05) is 26.9 Å². The van der Waals surface area contributed by atoms with Crippen molar-refractivity contribution in [1.82, 2.24) is 4.57 Å². The highest BCUT2D eigenvalue weighted by molar-refractivity contribution is 6.38. The van der Waals surface area contributed by atoms with E-state index in [0.717, 1.165) is 6.42 Å². The summed E-state index contributed by atoms with van der Waals surface area (Å²) in [6, 6.07) is 50.4. The van der Waals surface area contributed by atoms with E-state index in [4.69, 9.17) is 0 Å². The van der Waals surface area contributed by atoms with E-state index < -0.39 is 0 Å². The molecule has 0 atom stereocenters. The first-order valence-electron chi connectivity index (χ1n) is 17.0. The molecular weight excluding hydrogens is 567 g/mol. The monoisotopic (exact) mass is 597 g/mol. The summed E-state index contributed by atoms with van der Waals surface area (Å²) in [5.74, 6) is 0. The molecule has 1 aromatic heterocycles. The van der Waals surface area contributed by atoms with E-state index in [9.17, 15) is 0 Å². The molecule has 0 bridgehead atoms. The number of rotatable bonds is 2. The molecule has 1 heteroatoms. The summed E-state index contributed by atoms with van der Waals surface area (Å²) in [5.41, 5.74) is 6.69. The molecule has 220 valence electrons. The minimum absolute atomic E-state index is 1.16. The van der Waals surface area contributed by atoms with Gasteiger partial charge in [-0.15, -0.1) is 0 Å². The number of nitrogens with zero attached hydrogens (tertiary/aromatic N) is 1. The summed E-state index contributed by atoms with van der Waals surface area (Å²) in [6.07, 6.45) is 7.39. The first-order chi connectivity index (χ1) is 23.3. The van der Waals surface area contributed by atoms with Crippen molar-refractivity contribution in [3.05, 3.63) is 145 Å². The molecule has 0 unspecified atom stereocenters. The van der Waals surface area contributed by atoms with Crippen LogP contribution >= 0.6 is 0 Å². The molecule has 0 saturated heterocycles. The minimum Gasteiger partial charge on any atom is -0.308 e. The standard InChI is InChI=1S/C46H31N/c1-2-11-28(12-3-1)38-27-39-33-16-5-7-18-35(33)46-45(44(39)34-17-6-4-15-32(34)38)36-19-8-9-20-40(36)47(46)41-26-24-31-22-21-29-13-10-14-30-23-25-37(41)43(31)42(29)30/h4-11,13-27H,1-3,12H2. The van der Waals surface area contributed by atoms with Gasteiger partial charge in [0.1, 0.15) is 0 Å². The van der Waals surface area contributed by atoms with Gasteiger partial charge >= 0.3 is 0 Å². The van der Waals surface area contributed by atoms with Gasteiger partial charge < -0.3 is 4.57 Å². The summed E-state index contributed by atoms with van der Waals surface area (Å²) in [7, 11) is 0. The van der Waals surface area contributed by atoms with Crippen molar-refractivity contribution in [1.29, 1.82) is 0 Å². The Hall–Kier alpha value is -5.66. The third-order valence-corrected chi connectivity index (χ3v) is 11.0. The van der Waals surface area contributed by atoms with Crippen molar-refractivity contribution in [3.8, 4) is 5.69 Å². The molecule has 1 aliphatic rings. The molecule has 47 heavy (non-hydrogen) atoms. The first-order valence-corrected chi connectivity index (χ1v) is 17.0. The van der Waals surface area contributed by atoms with Gasteiger partial charge in [-0.05, 0) is 103 Å². The van der Waals surface area contributed by atoms with Gasteiger partial charge in [0.2, 0.25) is 0 Å². The maximum atomic E-state index is 2.57. The van der Waals surface area contributed by atoms with E-state index in [-0.39, 0.29) is 0 Å². The minimum atomic E-state index is 1.16. The largest absolute Gasteiger partial charge is 0.308 e. The van der Waals surface area contributed by atoms with Crippen LogP contribution in [0.2, 0.25) is 0 Å². The third kappa shape index (κ3) is 3.39. The van der Waals surface area contributed by atoms with Gasteiger partial charge in [-0.25, -0.2) is 0 Å². The number of allylic oxidation sites excluding steroid dienone is 2. The summed E-state index contributed by atoms with van der Waals surface area (Å²) >= 11 is 0. The van der Waals surface area contributed by atoms with Crippen molar-refractivity contribution in [2.75, 3.05) is 0 Å². The predicted octanol–water partition coefficient (Wildman–Crippen LogP) is 13.1. The van der Waals surface area contributed by atoms with Crippen LogP contribution in [0.3, 0.4) is 0 Å². The van der Waals surface area contributed by atoms with Crippen molar-refractivity contribution in [3.63, 3.8) is 0 Å². The summed E-state index contributed by atoms with van der Waals surface area (Å²) in [4.78, 5) is 0. The molecule has 0 radical (unpaired) electrons.